The van der Waals surface area contributed by atoms with Crippen molar-refractivity contribution < 1.29 is 20.0 Å². The molecular formula is C17H27N2O3S+. The molecule has 0 aromatic carbocycles. The van der Waals surface area contributed by atoms with Crippen molar-refractivity contribution >= 4 is 24.5 Å². The summed E-state index contributed by atoms with van der Waals surface area (Å²) in [6.07, 6.45) is 7.63. The van der Waals surface area contributed by atoms with Crippen LogP contribution in [0.1, 0.15) is 46.0 Å². The Hall–Kier alpha value is -1.27. The van der Waals surface area contributed by atoms with Gasteiger partial charge >= 0.3 is 5.97 Å². The van der Waals surface area contributed by atoms with E-state index >= 15 is 0 Å². The Morgan fingerprint density at radius 2 is 1.96 bits per heavy atom. The molecule has 0 spiro atoms. The molecule has 1 heterocycles. The molecule has 1 aliphatic heterocycles. The average Bonchev–Trinajstić information content (AvgIpc) is 2.52. The zero-order chi connectivity index (χ0) is 17.0. The van der Waals surface area contributed by atoms with Gasteiger partial charge in [0.1, 0.15) is 4.91 Å². The second-order valence-corrected chi connectivity index (χ2v) is 7.17. The van der Waals surface area contributed by atoms with Crippen molar-refractivity contribution in [2.45, 2.75) is 52.0 Å². The van der Waals surface area contributed by atoms with Gasteiger partial charge in [0, 0.05) is 0 Å². The van der Waals surface area contributed by atoms with Crippen LogP contribution >= 0.6 is 12.6 Å². The number of rotatable bonds is 4. The van der Waals surface area contributed by atoms with E-state index in [1.165, 1.54) is 19.3 Å². The lowest BCUT2D eigenvalue weighted by atomic mass is 9.82. The van der Waals surface area contributed by atoms with Gasteiger partial charge in [-0.3, -0.25) is 9.69 Å². The number of nitrogens with two attached hydrogens (primary N) is 1. The van der Waals surface area contributed by atoms with Crippen LogP contribution in [-0.4, -0.2) is 41.0 Å². The predicted molar refractivity (Wildman–Crippen MR) is 91.9 cm³/mol. The molecule has 0 aromatic rings. The Kier molecular flexibility index (Phi) is 6.30. The van der Waals surface area contributed by atoms with Crippen LogP contribution < -0.4 is 5.32 Å². The highest BCUT2D eigenvalue weighted by atomic mass is 32.1. The molecule has 128 valence electrons. The number of carboxylic acids is 1. The van der Waals surface area contributed by atoms with Crippen LogP contribution in [0.25, 0.3) is 0 Å². The molecule has 2 aliphatic rings. The van der Waals surface area contributed by atoms with E-state index in [0.29, 0.717) is 18.2 Å². The minimum Gasteiger partial charge on any atom is -0.477 e. The Balaban J connectivity index is 2.42. The molecule has 0 bridgehead atoms. The van der Waals surface area contributed by atoms with Crippen molar-refractivity contribution in [2.75, 3.05) is 13.1 Å². The van der Waals surface area contributed by atoms with Gasteiger partial charge in [0.2, 0.25) is 0 Å². The van der Waals surface area contributed by atoms with Gasteiger partial charge in [0.15, 0.2) is 6.54 Å². The van der Waals surface area contributed by atoms with Gasteiger partial charge in [-0.05, 0) is 38.7 Å². The number of thiol groups is 1. The molecule has 1 saturated carbocycles. The molecule has 1 saturated heterocycles. The van der Waals surface area contributed by atoms with Crippen molar-refractivity contribution in [3.05, 3.63) is 22.3 Å². The number of hydrogen-bond donors (Lipinski definition) is 3. The molecule has 0 aromatic heterocycles. The fourth-order valence-electron chi connectivity index (χ4n) is 3.64. The molecular weight excluding hydrogens is 312 g/mol. The van der Waals surface area contributed by atoms with E-state index in [2.05, 4.69) is 12.6 Å². The van der Waals surface area contributed by atoms with E-state index in [0.717, 1.165) is 25.0 Å². The molecule has 2 rings (SSSR count). The number of carbonyl (C=O) groups excluding carboxylic acids is 1. The smallest absolute Gasteiger partial charge is 0.344 e. The summed E-state index contributed by atoms with van der Waals surface area (Å²) in [5.41, 5.74) is 1.40. The quantitative estimate of drug-likeness (QED) is 0.413. The number of carbonyl (C=O) groups is 2. The summed E-state index contributed by atoms with van der Waals surface area (Å²) >= 11 is 4.18. The van der Waals surface area contributed by atoms with Crippen LogP contribution in [0.5, 0.6) is 0 Å². The summed E-state index contributed by atoms with van der Waals surface area (Å²) < 4.78 is 0. The summed E-state index contributed by atoms with van der Waals surface area (Å²) in [6.45, 7) is 5.00. The maximum atomic E-state index is 12.6. The van der Waals surface area contributed by atoms with E-state index < -0.39 is 5.97 Å². The van der Waals surface area contributed by atoms with E-state index in [-0.39, 0.29) is 16.9 Å². The Bertz CT molecular complexity index is 532. The zero-order valence-electron chi connectivity index (χ0n) is 13.9. The van der Waals surface area contributed by atoms with E-state index in [1.54, 1.807) is 11.0 Å². The summed E-state index contributed by atoms with van der Waals surface area (Å²) in [7, 11) is 0. The highest BCUT2D eigenvalue weighted by Gasteiger charge is 2.39. The second-order valence-electron chi connectivity index (χ2n) is 6.72. The Morgan fingerprint density at radius 1 is 1.30 bits per heavy atom. The van der Waals surface area contributed by atoms with Gasteiger partial charge in [-0.2, -0.15) is 0 Å². The lowest BCUT2D eigenvalue weighted by molar-refractivity contribution is -0.656. The van der Waals surface area contributed by atoms with Gasteiger partial charge in [0.25, 0.3) is 5.91 Å². The maximum Gasteiger partial charge on any atom is 0.344 e. The molecule has 0 radical (unpaired) electrons. The lowest BCUT2D eigenvalue weighted by Crippen LogP contribution is -2.93. The summed E-state index contributed by atoms with van der Waals surface area (Å²) in [6, 6.07) is 0.0589. The third-order valence-corrected chi connectivity index (χ3v) is 5.07. The van der Waals surface area contributed by atoms with Crippen molar-refractivity contribution in [1.29, 1.82) is 0 Å². The lowest BCUT2D eigenvalue weighted by Gasteiger charge is -2.40. The first kappa shape index (κ1) is 18.1. The third-order valence-electron chi connectivity index (χ3n) is 4.65. The van der Waals surface area contributed by atoms with Crippen molar-refractivity contribution in [1.82, 2.24) is 4.90 Å². The number of piperazine rings is 1. The molecule has 1 atom stereocenters. The van der Waals surface area contributed by atoms with E-state index in [9.17, 15) is 14.7 Å². The first-order valence-corrected chi connectivity index (χ1v) is 8.81. The predicted octanol–water partition coefficient (Wildman–Crippen LogP) is 1.53. The molecule has 1 unspecified atom stereocenters. The Labute approximate surface area is 143 Å². The second kappa shape index (κ2) is 8.02. The highest BCUT2D eigenvalue weighted by molar-refractivity contribution is 7.85. The fraction of sp³-hybridized carbons (Fsp3) is 0.647. The Morgan fingerprint density at radius 3 is 2.52 bits per heavy atom. The van der Waals surface area contributed by atoms with Crippen LogP contribution in [0.3, 0.4) is 0 Å². The SMILES string of the molecule is CC(C)=CC(=C(S)C(=O)O)N1C(=O)C[NH2+]CC1C1CCCCC1. The topological polar surface area (TPSA) is 74.2 Å². The van der Waals surface area contributed by atoms with Gasteiger partial charge in [0.05, 0.1) is 18.3 Å². The normalized spacial score (nSPS) is 24.2. The molecule has 2 fully saturated rings. The molecule has 6 heteroatoms. The monoisotopic (exact) mass is 339 g/mol. The fourth-order valence-corrected chi connectivity index (χ4v) is 3.81. The first-order chi connectivity index (χ1) is 10.9. The van der Waals surface area contributed by atoms with Crippen LogP contribution in [0.2, 0.25) is 0 Å². The van der Waals surface area contributed by atoms with E-state index in [4.69, 9.17) is 0 Å². The molecule has 1 amide bonds. The molecule has 1 aliphatic carbocycles. The number of aliphatic carboxylic acids is 1. The largest absolute Gasteiger partial charge is 0.477 e. The van der Waals surface area contributed by atoms with Gasteiger partial charge in [-0.1, -0.05) is 24.8 Å². The van der Waals surface area contributed by atoms with Gasteiger partial charge < -0.3 is 10.4 Å². The maximum absolute atomic E-state index is 12.6. The zero-order valence-corrected chi connectivity index (χ0v) is 14.8. The van der Waals surface area contributed by atoms with Crippen LogP contribution in [0, 0.1) is 5.92 Å². The van der Waals surface area contributed by atoms with Gasteiger partial charge in [-0.25, -0.2) is 4.79 Å². The number of nitrogens with zero attached hydrogens (tertiary/aromatic N) is 1. The van der Waals surface area contributed by atoms with Crippen LogP contribution in [-0.2, 0) is 9.59 Å². The molecule has 5 nitrogen and oxygen atoms in total. The van der Waals surface area contributed by atoms with Crippen LogP contribution in [0.15, 0.2) is 22.3 Å². The van der Waals surface area contributed by atoms with Crippen molar-refractivity contribution in [3.8, 4) is 0 Å². The average molecular weight is 339 g/mol. The molecule has 23 heavy (non-hydrogen) atoms. The first-order valence-electron chi connectivity index (χ1n) is 8.37. The number of hydrogen-bond acceptors (Lipinski definition) is 3. The number of carboxylic acid groups (broad SMARTS) is 1. The van der Waals surface area contributed by atoms with Crippen molar-refractivity contribution in [3.63, 3.8) is 0 Å². The summed E-state index contributed by atoms with van der Waals surface area (Å²) in [4.78, 5) is 25.7. The van der Waals surface area contributed by atoms with E-state index in [1.807, 2.05) is 19.2 Å². The minimum atomic E-state index is -1.09. The minimum absolute atomic E-state index is 0.0212. The summed E-state index contributed by atoms with van der Waals surface area (Å²) in [5.74, 6) is -0.669. The number of amides is 1. The van der Waals surface area contributed by atoms with Crippen molar-refractivity contribution in [2.24, 2.45) is 5.92 Å². The highest BCUT2D eigenvalue weighted by Crippen LogP contribution is 2.32. The van der Waals surface area contributed by atoms with Gasteiger partial charge in [-0.15, -0.1) is 12.6 Å². The molecule has 3 N–H and O–H groups in total. The standard InChI is InChI=1S/C17H26N2O3S/c1-11(2)8-13(16(23)17(21)22)19-14(9-18-10-15(19)20)12-6-4-3-5-7-12/h8,12,14,18,23H,3-7,9-10H2,1-2H3,(H,21,22)/p+1. The number of allylic oxidation sites excluding steroid dienone is 2. The number of quaternary nitrogens is 1. The summed E-state index contributed by atoms with van der Waals surface area (Å²) in [5, 5.41) is 11.4. The van der Waals surface area contributed by atoms with Crippen LogP contribution in [0.4, 0.5) is 0 Å². The third kappa shape index (κ3) is 4.38.